The van der Waals surface area contributed by atoms with Crippen LogP contribution in [0.5, 0.6) is 11.5 Å². The second-order valence-electron chi connectivity index (χ2n) is 9.86. The van der Waals surface area contributed by atoms with E-state index >= 15 is 0 Å². The number of hydrogen-bond donors (Lipinski definition) is 1. The Kier molecular flexibility index (Phi) is 6.30. The molecule has 32 heavy (non-hydrogen) atoms. The number of benzene rings is 2. The number of hydrogen-bond acceptors (Lipinski definition) is 3. The number of halogens is 3. The Balaban J connectivity index is 1.31. The van der Waals surface area contributed by atoms with Crippen molar-refractivity contribution in [1.82, 2.24) is 5.32 Å². The molecular formula is C26H30Cl2FNO2. The first-order chi connectivity index (χ1) is 15.4. The molecule has 4 fully saturated rings. The second-order valence-corrected chi connectivity index (χ2v) is 10.7. The van der Waals surface area contributed by atoms with Crippen LogP contribution in [0, 0.1) is 23.6 Å². The molecule has 1 N–H and O–H groups in total. The van der Waals surface area contributed by atoms with Crippen LogP contribution in [-0.4, -0.2) is 12.1 Å². The predicted octanol–water partition coefficient (Wildman–Crippen LogP) is 7.17. The van der Waals surface area contributed by atoms with Crippen LogP contribution < -0.4 is 14.8 Å². The van der Waals surface area contributed by atoms with E-state index in [0.717, 1.165) is 23.3 Å². The van der Waals surface area contributed by atoms with E-state index in [1.807, 2.05) is 13.0 Å². The first-order valence-corrected chi connectivity index (χ1v) is 12.5. The van der Waals surface area contributed by atoms with E-state index in [-0.39, 0.29) is 12.1 Å². The van der Waals surface area contributed by atoms with Gasteiger partial charge in [0.1, 0.15) is 12.4 Å². The molecule has 0 unspecified atom stereocenters. The molecule has 2 aromatic rings. The van der Waals surface area contributed by atoms with Crippen molar-refractivity contribution in [1.29, 1.82) is 0 Å². The molecule has 0 spiro atoms. The fourth-order valence-corrected chi connectivity index (χ4v) is 6.96. The van der Waals surface area contributed by atoms with Gasteiger partial charge in [0.2, 0.25) is 0 Å². The van der Waals surface area contributed by atoms with Crippen LogP contribution in [-0.2, 0) is 13.2 Å². The molecule has 6 heteroatoms. The molecule has 172 valence electrons. The molecule has 0 radical (unpaired) electrons. The summed E-state index contributed by atoms with van der Waals surface area (Å²) in [5.74, 6) is 3.40. The van der Waals surface area contributed by atoms with Crippen molar-refractivity contribution in [2.24, 2.45) is 17.8 Å². The maximum Gasteiger partial charge on any atom is 0.163 e. The quantitative estimate of drug-likeness (QED) is 0.436. The molecule has 4 bridgehead atoms. The number of nitrogens with one attached hydrogen (secondary N) is 1. The third kappa shape index (κ3) is 4.47. The second kappa shape index (κ2) is 9.04. The van der Waals surface area contributed by atoms with E-state index in [1.165, 1.54) is 44.6 Å². The highest BCUT2D eigenvalue weighted by atomic mass is 35.5. The maximum atomic E-state index is 14.1. The van der Waals surface area contributed by atoms with E-state index in [9.17, 15) is 4.39 Å². The van der Waals surface area contributed by atoms with Crippen molar-refractivity contribution in [2.45, 2.75) is 64.1 Å². The fourth-order valence-electron chi connectivity index (χ4n) is 6.52. The van der Waals surface area contributed by atoms with Gasteiger partial charge in [0.05, 0.1) is 11.6 Å². The molecule has 0 aliphatic heterocycles. The molecule has 4 aliphatic carbocycles. The molecule has 6 rings (SSSR count). The molecule has 0 heterocycles. The first kappa shape index (κ1) is 22.3. The minimum atomic E-state index is -0.391. The largest absolute Gasteiger partial charge is 0.490 e. The zero-order valence-corrected chi connectivity index (χ0v) is 19.9. The standard InChI is InChI=1S/C26H30Cl2FNO2/c1-2-31-24-9-19(14-30-26-11-16-6-17(12-26)8-18(7-16)13-26)22(28)10-25(24)32-15-20-21(27)4-3-5-23(20)29/h3-5,9-10,16-18,30H,2,6-8,11-15H2,1H3. The Morgan fingerprint density at radius 3 is 2.25 bits per heavy atom. The van der Waals surface area contributed by atoms with Gasteiger partial charge in [-0.05, 0) is 87.0 Å². The molecule has 3 nitrogen and oxygen atoms in total. The molecule has 0 saturated heterocycles. The van der Waals surface area contributed by atoms with Gasteiger partial charge in [0, 0.05) is 28.7 Å². The van der Waals surface area contributed by atoms with E-state index in [0.29, 0.717) is 40.3 Å². The van der Waals surface area contributed by atoms with Crippen molar-refractivity contribution < 1.29 is 13.9 Å². The average molecular weight is 478 g/mol. The SMILES string of the molecule is CCOc1cc(CNC23CC4CC(CC(C4)C2)C3)c(Cl)cc1OCc1c(F)cccc1Cl. The van der Waals surface area contributed by atoms with Crippen LogP contribution in [0.4, 0.5) is 4.39 Å². The van der Waals surface area contributed by atoms with Gasteiger partial charge in [-0.1, -0.05) is 29.3 Å². The van der Waals surface area contributed by atoms with Gasteiger partial charge in [-0.2, -0.15) is 0 Å². The van der Waals surface area contributed by atoms with Crippen molar-refractivity contribution in [3.05, 3.63) is 57.3 Å². The summed E-state index contributed by atoms with van der Waals surface area (Å²) in [5, 5.41) is 4.86. The predicted molar refractivity (Wildman–Crippen MR) is 126 cm³/mol. The lowest BCUT2D eigenvalue weighted by Gasteiger charge is -2.57. The summed E-state index contributed by atoms with van der Waals surface area (Å²) in [5.41, 5.74) is 1.59. The van der Waals surface area contributed by atoms with Crippen molar-refractivity contribution in [3.8, 4) is 11.5 Å². The van der Waals surface area contributed by atoms with Gasteiger partial charge in [-0.15, -0.1) is 0 Å². The summed E-state index contributed by atoms with van der Waals surface area (Å²) in [6, 6.07) is 8.34. The van der Waals surface area contributed by atoms with Crippen molar-refractivity contribution >= 4 is 23.2 Å². The molecule has 4 aliphatic rings. The summed E-state index contributed by atoms with van der Waals surface area (Å²) in [4.78, 5) is 0. The summed E-state index contributed by atoms with van der Waals surface area (Å²) >= 11 is 12.8. The number of rotatable bonds is 8. The smallest absolute Gasteiger partial charge is 0.163 e. The normalized spacial score (nSPS) is 28.2. The molecule has 2 aromatic carbocycles. The van der Waals surface area contributed by atoms with Crippen LogP contribution in [0.1, 0.15) is 56.6 Å². The monoisotopic (exact) mass is 477 g/mol. The van der Waals surface area contributed by atoms with Crippen LogP contribution in [0.15, 0.2) is 30.3 Å². The van der Waals surface area contributed by atoms with Crippen LogP contribution in [0.3, 0.4) is 0 Å². The Morgan fingerprint density at radius 1 is 0.969 bits per heavy atom. The van der Waals surface area contributed by atoms with E-state index in [2.05, 4.69) is 5.32 Å². The van der Waals surface area contributed by atoms with E-state index < -0.39 is 5.82 Å². The van der Waals surface area contributed by atoms with Crippen LogP contribution in [0.2, 0.25) is 10.0 Å². The van der Waals surface area contributed by atoms with E-state index in [4.69, 9.17) is 32.7 Å². The van der Waals surface area contributed by atoms with Gasteiger partial charge in [-0.25, -0.2) is 4.39 Å². The minimum Gasteiger partial charge on any atom is -0.490 e. The third-order valence-electron chi connectivity index (χ3n) is 7.54. The van der Waals surface area contributed by atoms with Crippen LogP contribution in [0.25, 0.3) is 0 Å². The lowest BCUT2D eigenvalue weighted by molar-refractivity contribution is -0.0206. The highest BCUT2D eigenvalue weighted by Gasteiger charge is 2.50. The number of ether oxygens (including phenoxy) is 2. The minimum absolute atomic E-state index is 0.00673. The summed E-state index contributed by atoms with van der Waals surface area (Å²) in [6.07, 6.45) is 8.15. The summed E-state index contributed by atoms with van der Waals surface area (Å²) in [6.45, 7) is 3.15. The molecule has 0 atom stereocenters. The molecule has 0 aromatic heterocycles. The lowest BCUT2D eigenvalue weighted by atomic mass is 9.53. The van der Waals surface area contributed by atoms with Gasteiger partial charge >= 0.3 is 0 Å². The van der Waals surface area contributed by atoms with Gasteiger partial charge in [0.15, 0.2) is 11.5 Å². The zero-order chi connectivity index (χ0) is 22.3. The summed E-state index contributed by atoms with van der Waals surface area (Å²) in [7, 11) is 0. The maximum absolute atomic E-state index is 14.1. The Hall–Kier alpha value is -1.49. The highest BCUT2D eigenvalue weighted by Crippen LogP contribution is 2.55. The fraction of sp³-hybridized carbons (Fsp3) is 0.538. The third-order valence-corrected chi connectivity index (χ3v) is 8.24. The van der Waals surface area contributed by atoms with Crippen LogP contribution >= 0.6 is 23.2 Å². The summed E-state index contributed by atoms with van der Waals surface area (Å²) < 4.78 is 25.9. The zero-order valence-electron chi connectivity index (χ0n) is 18.4. The van der Waals surface area contributed by atoms with E-state index in [1.54, 1.807) is 18.2 Å². The van der Waals surface area contributed by atoms with Gasteiger partial charge in [-0.3, -0.25) is 0 Å². The average Bonchev–Trinajstić information content (AvgIpc) is 2.73. The Labute approximate surface area is 199 Å². The molecular weight excluding hydrogens is 448 g/mol. The highest BCUT2D eigenvalue weighted by molar-refractivity contribution is 6.31. The lowest BCUT2D eigenvalue weighted by Crippen LogP contribution is -2.58. The van der Waals surface area contributed by atoms with Gasteiger partial charge < -0.3 is 14.8 Å². The van der Waals surface area contributed by atoms with Gasteiger partial charge in [0.25, 0.3) is 0 Å². The topological polar surface area (TPSA) is 30.5 Å². The first-order valence-electron chi connectivity index (χ1n) is 11.7. The molecule has 4 saturated carbocycles. The van der Waals surface area contributed by atoms with Crippen molar-refractivity contribution in [2.75, 3.05) is 6.61 Å². The Morgan fingerprint density at radius 2 is 1.62 bits per heavy atom. The molecule has 0 amide bonds. The Bertz CT molecular complexity index is 940. The van der Waals surface area contributed by atoms with Crippen molar-refractivity contribution in [3.63, 3.8) is 0 Å².